The maximum atomic E-state index is 10.4. The number of hydrogen-bond donors (Lipinski definition) is 2. The Balaban J connectivity index is 2.85. The summed E-state index contributed by atoms with van der Waals surface area (Å²) in [7, 11) is 0. The topological polar surface area (TPSA) is 93.5 Å². The zero-order chi connectivity index (χ0) is 12.1. The number of nitrogens with one attached hydrogen (secondary N) is 1. The van der Waals surface area contributed by atoms with Crippen LogP contribution in [0.15, 0.2) is 29.4 Å². The molecule has 0 aliphatic rings. The minimum atomic E-state index is -0.455. The van der Waals surface area contributed by atoms with Crippen LogP contribution in [-0.4, -0.2) is 15.7 Å². The fraction of sp³-hybridized carbons (Fsp3) is 0.111. The molecular formula is C9H10N4O2S. The number of nitrogens with zero attached hydrogens (tertiary/aromatic N) is 2. The Labute approximate surface area is 97.3 Å². The van der Waals surface area contributed by atoms with E-state index in [1.807, 2.05) is 0 Å². The molecule has 0 aromatic heterocycles. The van der Waals surface area contributed by atoms with Crippen molar-refractivity contribution in [2.45, 2.75) is 6.92 Å². The molecule has 3 N–H and O–H groups in total. The van der Waals surface area contributed by atoms with Crippen LogP contribution in [0.4, 0.5) is 5.69 Å². The molecule has 0 bridgehead atoms. The maximum absolute atomic E-state index is 10.4. The summed E-state index contributed by atoms with van der Waals surface area (Å²) < 4.78 is 0. The lowest BCUT2D eigenvalue weighted by molar-refractivity contribution is -0.384. The fourth-order valence-electron chi connectivity index (χ4n) is 1.03. The van der Waals surface area contributed by atoms with Crippen LogP contribution in [0.25, 0.3) is 0 Å². The van der Waals surface area contributed by atoms with Gasteiger partial charge in [-0.1, -0.05) is 0 Å². The molecule has 0 aliphatic heterocycles. The Bertz CT molecular complexity index is 441. The van der Waals surface area contributed by atoms with Crippen molar-refractivity contribution >= 4 is 28.7 Å². The minimum absolute atomic E-state index is 0.0406. The summed E-state index contributed by atoms with van der Waals surface area (Å²) >= 11 is 4.59. The molecule has 1 aromatic rings. The van der Waals surface area contributed by atoms with Gasteiger partial charge in [0.2, 0.25) is 0 Å². The van der Waals surface area contributed by atoms with Crippen LogP contribution in [0.2, 0.25) is 0 Å². The SMILES string of the molecule is CC(=NNC(N)=S)c1ccc([N+](=O)[O-])cc1. The molecule has 0 amide bonds. The van der Waals surface area contributed by atoms with Crippen LogP contribution in [-0.2, 0) is 0 Å². The molecule has 84 valence electrons. The van der Waals surface area contributed by atoms with Crippen LogP contribution in [0, 0.1) is 10.1 Å². The third kappa shape index (κ3) is 3.28. The van der Waals surface area contributed by atoms with Gasteiger partial charge < -0.3 is 5.73 Å². The number of hydrazone groups is 1. The lowest BCUT2D eigenvalue weighted by atomic mass is 10.1. The van der Waals surface area contributed by atoms with Gasteiger partial charge in [0.25, 0.3) is 5.69 Å². The first-order valence-corrected chi connectivity index (χ1v) is 4.76. The Morgan fingerprint density at radius 3 is 2.50 bits per heavy atom. The summed E-state index contributed by atoms with van der Waals surface area (Å²) in [5.74, 6) is 0. The number of rotatable bonds is 3. The third-order valence-corrected chi connectivity index (χ3v) is 1.92. The maximum Gasteiger partial charge on any atom is 0.269 e. The van der Waals surface area contributed by atoms with Crippen LogP contribution in [0.5, 0.6) is 0 Å². The van der Waals surface area contributed by atoms with E-state index in [2.05, 4.69) is 22.7 Å². The predicted octanol–water partition coefficient (Wildman–Crippen LogP) is 1.15. The average molecular weight is 238 g/mol. The second-order valence-electron chi connectivity index (χ2n) is 2.98. The first kappa shape index (κ1) is 12.1. The molecule has 0 saturated carbocycles. The molecular weight excluding hydrogens is 228 g/mol. The molecule has 7 heteroatoms. The first-order valence-electron chi connectivity index (χ1n) is 4.35. The number of hydrogen-bond acceptors (Lipinski definition) is 4. The summed E-state index contributed by atoms with van der Waals surface area (Å²) in [6.07, 6.45) is 0. The zero-order valence-electron chi connectivity index (χ0n) is 8.51. The van der Waals surface area contributed by atoms with E-state index in [0.717, 1.165) is 5.56 Å². The van der Waals surface area contributed by atoms with E-state index < -0.39 is 4.92 Å². The molecule has 0 aliphatic carbocycles. The van der Waals surface area contributed by atoms with Crippen molar-refractivity contribution in [2.75, 3.05) is 0 Å². The molecule has 0 fully saturated rings. The van der Waals surface area contributed by atoms with Crippen molar-refractivity contribution in [3.63, 3.8) is 0 Å². The van der Waals surface area contributed by atoms with Gasteiger partial charge in [0.05, 0.1) is 10.6 Å². The quantitative estimate of drug-likeness (QED) is 0.356. The van der Waals surface area contributed by atoms with Gasteiger partial charge in [-0.15, -0.1) is 0 Å². The molecule has 0 spiro atoms. The number of thiocarbonyl (C=S) groups is 1. The van der Waals surface area contributed by atoms with Gasteiger partial charge in [0, 0.05) is 12.1 Å². The smallest absolute Gasteiger partial charge is 0.269 e. The van der Waals surface area contributed by atoms with Crippen molar-refractivity contribution in [2.24, 2.45) is 10.8 Å². The van der Waals surface area contributed by atoms with Gasteiger partial charge >= 0.3 is 0 Å². The summed E-state index contributed by atoms with van der Waals surface area (Å²) in [6.45, 7) is 1.74. The van der Waals surface area contributed by atoms with Gasteiger partial charge in [-0.25, -0.2) is 0 Å². The molecule has 0 saturated heterocycles. The van der Waals surface area contributed by atoms with Gasteiger partial charge in [-0.3, -0.25) is 15.5 Å². The molecule has 0 atom stereocenters. The zero-order valence-corrected chi connectivity index (χ0v) is 9.32. The Kier molecular flexibility index (Phi) is 3.90. The van der Waals surface area contributed by atoms with Crippen molar-refractivity contribution in [1.82, 2.24) is 5.43 Å². The summed E-state index contributed by atoms with van der Waals surface area (Å²) in [6, 6.07) is 6.04. The number of nitro groups is 1. The second kappa shape index (κ2) is 5.17. The van der Waals surface area contributed by atoms with E-state index in [9.17, 15) is 10.1 Å². The molecule has 0 heterocycles. The summed E-state index contributed by atoms with van der Waals surface area (Å²) in [4.78, 5) is 9.97. The highest BCUT2D eigenvalue weighted by Crippen LogP contribution is 2.12. The fourth-order valence-corrected chi connectivity index (χ4v) is 1.07. The van der Waals surface area contributed by atoms with Gasteiger partial charge in [0.1, 0.15) is 0 Å². The summed E-state index contributed by atoms with van der Waals surface area (Å²) in [5.41, 5.74) is 9.09. The predicted molar refractivity (Wildman–Crippen MR) is 65.2 cm³/mol. The van der Waals surface area contributed by atoms with Crippen LogP contribution in [0.1, 0.15) is 12.5 Å². The van der Waals surface area contributed by atoms with Crippen molar-refractivity contribution in [3.05, 3.63) is 39.9 Å². The molecule has 1 rings (SSSR count). The lowest BCUT2D eigenvalue weighted by Gasteiger charge is -2.01. The second-order valence-corrected chi connectivity index (χ2v) is 3.42. The van der Waals surface area contributed by atoms with Crippen molar-refractivity contribution in [3.8, 4) is 0 Å². The Morgan fingerprint density at radius 2 is 2.06 bits per heavy atom. The van der Waals surface area contributed by atoms with Gasteiger partial charge in [0.15, 0.2) is 5.11 Å². The van der Waals surface area contributed by atoms with Gasteiger partial charge in [-0.2, -0.15) is 5.10 Å². The van der Waals surface area contributed by atoms with Crippen molar-refractivity contribution < 1.29 is 4.92 Å². The van der Waals surface area contributed by atoms with E-state index in [4.69, 9.17) is 5.73 Å². The van der Waals surface area contributed by atoms with Crippen LogP contribution in [0.3, 0.4) is 0 Å². The van der Waals surface area contributed by atoms with Gasteiger partial charge in [-0.05, 0) is 36.8 Å². The molecule has 0 radical (unpaired) electrons. The standard InChI is InChI=1S/C9H10N4O2S/c1-6(11-12-9(10)16)7-2-4-8(5-3-7)13(14)15/h2-5H,1H3,(H3,10,12,16). The third-order valence-electron chi connectivity index (χ3n) is 1.83. The van der Waals surface area contributed by atoms with Crippen LogP contribution < -0.4 is 11.2 Å². The monoisotopic (exact) mass is 238 g/mol. The minimum Gasteiger partial charge on any atom is -0.375 e. The van der Waals surface area contributed by atoms with Crippen molar-refractivity contribution in [1.29, 1.82) is 0 Å². The highest BCUT2D eigenvalue weighted by Gasteiger charge is 2.05. The van der Waals surface area contributed by atoms with E-state index in [0.29, 0.717) is 5.71 Å². The molecule has 16 heavy (non-hydrogen) atoms. The van der Waals surface area contributed by atoms with E-state index in [1.165, 1.54) is 12.1 Å². The van der Waals surface area contributed by atoms with E-state index in [-0.39, 0.29) is 10.8 Å². The largest absolute Gasteiger partial charge is 0.375 e. The number of benzene rings is 1. The molecule has 0 unspecified atom stereocenters. The van der Waals surface area contributed by atoms with E-state index >= 15 is 0 Å². The number of nitro benzene ring substituents is 1. The highest BCUT2D eigenvalue weighted by molar-refractivity contribution is 7.80. The first-order chi connectivity index (χ1) is 7.50. The van der Waals surface area contributed by atoms with Crippen LogP contribution >= 0.6 is 12.2 Å². The molecule has 6 nitrogen and oxygen atoms in total. The number of nitrogens with two attached hydrogens (primary N) is 1. The Morgan fingerprint density at radius 1 is 1.50 bits per heavy atom. The lowest BCUT2D eigenvalue weighted by Crippen LogP contribution is -2.25. The highest BCUT2D eigenvalue weighted by atomic mass is 32.1. The van der Waals surface area contributed by atoms with E-state index in [1.54, 1.807) is 19.1 Å². The molecule has 1 aromatic carbocycles. The normalized spacial score (nSPS) is 10.9. The number of non-ortho nitro benzene ring substituents is 1. The summed E-state index contributed by atoms with van der Waals surface area (Å²) in [5, 5.41) is 14.4. The Hall–Kier alpha value is -2.02. The average Bonchev–Trinajstić information content (AvgIpc) is 2.26.